The molecule has 1 aliphatic heterocycles. The van der Waals surface area contributed by atoms with Crippen LogP contribution < -0.4 is 5.32 Å². The van der Waals surface area contributed by atoms with Crippen molar-refractivity contribution < 1.29 is 0 Å². The van der Waals surface area contributed by atoms with Crippen molar-refractivity contribution in [2.24, 2.45) is 5.41 Å². The second-order valence-electron chi connectivity index (χ2n) is 5.57. The van der Waals surface area contributed by atoms with Gasteiger partial charge in [0.2, 0.25) is 0 Å². The van der Waals surface area contributed by atoms with Crippen LogP contribution in [0.25, 0.3) is 0 Å². The first-order chi connectivity index (χ1) is 8.05. The molecule has 2 heterocycles. The highest BCUT2D eigenvalue weighted by molar-refractivity contribution is 7.16. The molecule has 1 fully saturated rings. The van der Waals surface area contributed by atoms with E-state index in [1.54, 1.807) is 11.3 Å². The molecule has 0 radical (unpaired) electrons. The molecule has 1 aromatic rings. The molecule has 17 heavy (non-hydrogen) atoms. The summed E-state index contributed by atoms with van der Waals surface area (Å²) in [6.07, 6.45) is 1.12. The topological polar surface area (TPSA) is 15.3 Å². The fraction of sp³-hybridized carbons (Fsp3) is 0.692. The van der Waals surface area contributed by atoms with Crippen molar-refractivity contribution in [3.05, 3.63) is 21.3 Å². The molecule has 0 saturated carbocycles. The van der Waals surface area contributed by atoms with Gasteiger partial charge < -0.3 is 10.2 Å². The minimum absolute atomic E-state index is 0.325. The molecule has 96 valence electrons. The van der Waals surface area contributed by atoms with Crippen LogP contribution in [0.4, 0.5) is 0 Å². The van der Waals surface area contributed by atoms with E-state index in [1.807, 2.05) is 6.07 Å². The molecule has 0 bridgehead atoms. The van der Waals surface area contributed by atoms with Gasteiger partial charge in [0.05, 0.1) is 4.34 Å². The number of thiophene rings is 1. The largest absolute Gasteiger partial charge is 0.314 e. The molecule has 0 spiro atoms. The maximum absolute atomic E-state index is 5.98. The summed E-state index contributed by atoms with van der Waals surface area (Å²) in [5, 5.41) is 3.40. The lowest BCUT2D eigenvalue weighted by atomic mass is 9.88. The van der Waals surface area contributed by atoms with Gasteiger partial charge in [0.25, 0.3) is 0 Å². The molecule has 1 aromatic heterocycles. The Kier molecular flexibility index (Phi) is 4.47. The normalized spacial score (nSPS) is 18.5. The van der Waals surface area contributed by atoms with E-state index in [0.29, 0.717) is 5.41 Å². The van der Waals surface area contributed by atoms with Gasteiger partial charge >= 0.3 is 0 Å². The van der Waals surface area contributed by atoms with Gasteiger partial charge in [-0.2, -0.15) is 0 Å². The Morgan fingerprint density at radius 2 is 2.06 bits per heavy atom. The van der Waals surface area contributed by atoms with Crippen molar-refractivity contribution in [2.75, 3.05) is 32.7 Å². The molecule has 1 aliphatic rings. The third kappa shape index (κ3) is 4.25. The molecule has 2 nitrogen and oxygen atoms in total. The van der Waals surface area contributed by atoms with E-state index in [2.05, 4.69) is 30.1 Å². The van der Waals surface area contributed by atoms with E-state index < -0.39 is 0 Å². The third-order valence-electron chi connectivity index (χ3n) is 3.14. The molecule has 0 unspecified atom stereocenters. The van der Waals surface area contributed by atoms with Gasteiger partial charge in [0.1, 0.15) is 0 Å². The fourth-order valence-corrected chi connectivity index (χ4v) is 3.79. The van der Waals surface area contributed by atoms with Crippen LogP contribution in [0.15, 0.2) is 12.1 Å². The average molecular weight is 273 g/mol. The third-order valence-corrected chi connectivity index (χ3v) is 4.37. The molecular formula is C13H21ClN2S. The van der Waals surface area contributed by atoms with Crippen LogP contribution in [0.3, 0.4) is 0 Å². The van der Waals surface area contributed by atoms with Crippen LogP contribution in [-0.4, -0.2) is 37.6 Å². The van der Waals surface area contributed by atoms with E-state index in [4.69, 9.17) is 11.6 Å². The number of halogens is 1. The molecule has 0 atom stereocenters. The monoisotopic (exact) mass is 272 g/mol. The van der Waals surface area contributed by atoms with Crippen LogP contribution in [0, 0.1) is 5.41 Å². The summed E-state index contributed by atoms with van der Waals surface area (Å²) in [5.41, 5.74) is 0.325. The lowest BCUT2D eigenvalue weighted by Gasteiger charge is -2.35. The molecule has 1 saturated heterocycles. The SMILES string of the molecule is CC(C)(Cc1ccc(Cl)s1)CN1CCNCC1. The minimum Gasteiger partial charge on any atom is -0.314 e. The van der Waals surface area contributed by atoms with Gasteiger partial charge in [-0.1, -0.05) is 25.4 Å². The summed E-state index contributed by atoms with van der Waals surface area (Å²) >= 11 is 7.69. The number of piperazine rings is 1. The molecule has 4 heteroatoms. The maximum Gasteiger partial charge on any atom is 0.0931 e. The summed E-state index contributed by atoms with van der Waals surface area (Å²) in [5.74, 6) is 0. The quantitative estimate of drug-likeness (QED) is 0.907. The Hall–Kier alpha value is -0.0900. The summed E-state index contributed by atoms with van der Waals surface area (Å²) in [7, 11) is 0. The lowest BCUT2D eigenvalue weighted by Crippen LogP contribution is -2.47. The Morgan fingerprint density at radius 1 is 1.35 bits per heavy atom. The second kappa shape index (κ2) is 5.70. The summed E-state index contributed by atoms with van der Waals surface area (Å²) in [6.45, 7) is 10.5. The fourth-order valence-electron chi connectivity index (χ4n) is 2.45. The van der Waals surface area contributed by atoms with Gasteiger partial charge in [-0.25, -0.2) is 0 Å². The maximum atomic E-state index is 5.98. The first-order valence-corrected chi connectivity index (χ1v) is 7.42. The molecule has 2 rings (SSSR count). The first-order valence-electron chi connectivity index (χ1n) is 6.22. The molecule has 0 amide bonds. The van der Waals surface area contributed by atoms with Gasteiger partial charge in [-0.3, -0.25) is 0 Å². The zero-order chi connectivity index (χ0) is 12.3. The Morgan fingerprint density at radius 3 is 2.65 bits per heavy atom. The number of nitrogens with zero attached hydrogens (tertiary/aromatic N) is 1. The zero-order valence-electron chi connectivity index (χ0n) is 10.6. The van der Waals surface area contributed by atoms with Crippen molar-refractivity contribution in [1.82, 2.24) is 10.2 Å². The van der Waals surface area contributed by atoms with E-state index in [1.165, 1.54) is 24.5 Å². The van der Waals surface area contributed by atoms with Gasteiger partial charge in [-0.05, 0) is 24.0 Å². The van der Waals surface area contributed by atoms with E-state index in [-0.39, 0.29) is 0 Å². The average Bonchev–Trinajstić information content (AvgIpc) is 2.63. The number of hydrogen-bond donors (Lipinski definition) is 1. The number of nitrogens with one attached hydrogen (secondary N) is 1. The molecule has 1 N–H and O–H groups in total. The van der Waals surface area contributed by atoms with Crippen LogP contribution >= 0.6 is 22.9 Å². The lowest BCUT2D eigenvalue weighted by molar-refractivity contribution is 0.161. The van der Waals surface area contributed by atoms with E-state index in [0.717, 1.165) is 23.8 Å². The van der Waals surface area contributed by atoms with Gasteiger partial charge in [-0.15, -0.1) is 11.3 Å². The van der Waals surface area contributed by atoms with Crippen molar-refractivity contribution in [3.63, 3.8) is 0 Å². The summed E-state index contributed by atoms with van der Waals surface area (Å²) in [6, 6.07) is 4.16. The van der Waals surface area contributed by atoms with Crippen LogP contribution in [0.5, 0.6) is 0 Å². The Balaban J connectivity index is 1.88. The predicted molar refractivity (Wildman–Crippen MR) is 76.1 cm³/mol. The zero-order valence-corrected chi connectivity index (χ0v) is 12.2. The Labute approximate surface area is 113 Å². The first kappa shape index (κ1) is 13.3. The number of rotatable bonds is 4. The van der Waals surface area contributed by atoms with Gasteiger partial charge in [0.15, 0.2) is 0 Å². The molecule has 0 aliphatic carbocycles. The van der Waals surface area contributed by atoms with Crippen molar-refractivity contribution in [1.29, 1.82) is 0 Å². The highest BCUT2D eigenvalue weighted by Gasteiger charge is 2.23. The minimum atomic E-state index is 0.325. The van der Waals surface area contributed by atoms with Crippen LogP contribution in [0.1, 0.15) is 18.7 Å². The van der Waals surface area contributed by atoms with Crippen molar-refractivity contribution >= 4 is 22.9 Å². The van der Waals surface area contributed by atoms with Crippen molar-refractivity contribution in [3.8, 4) is 0 Å². The van der Waals surface area contributed by atoms with E-state index in [9.17, 15) is 0 Å². The van der Waals surface area contributed by atoms with Crippen LogP contribution in [0.2, 0.25) is 4.34 Å². The standard InChI is InChI=1S/C13H21ClN2S/c1-13(2,9-11-3-4-12(14)17-11)10-16-7-5-15-6-8-16/h3-4,15H,5-10H2,1-2H3. The summed E-state index contributed by atoms with van der Waals surface area (Å²) < 4.78 is 0.901. The van der Waals surface area contributed by atoms with Crippen molar-refractivity contribution in [2.45, 2.75) is 20.3 Å². The highest BCUT2D eigenvalue weighted by Crippen LogP contribution is 2.29. The highest BCUT2D eigenvalue weighted by atomic mass is 35.5. The smallest absolute Gasteiger partial charge is 0.0931 e. The Bertz CT molecular complexity index is 356. The molecular weight excluding hydrogens is 252 g/mol. The number of hydrogen-bond acceptors (Lipinski definition) is 3. The van der Waals surface area contributed by atoms with E-state index >= 15 is 0 Å². The second-order valence-corrected chi connectivity index (χ2v) is 7.37. The van der Waals surface area contributed by atoms with Crippen LogP contribution in [-0.2, 0) is 6.42 Å². The predicted octanol–water partition coefficient (Wildman–Crippen LogP) is 2.88. The van der Waals surface area contributed by atoms with Gasteiger partial charge in [0, 0.05) is 37.6 Å². The summed E-state index contributed by atoms with van der Waals surface area (Å²) in [4.78, 5) is 3.96. The molecule has 0 aromatic carbocycles.